The maximum absolute atomic E-state index is 14.3. The molecule has 10 heteroatoms. The average Bonchev–Trinajstić information content (AvgIpc) is 3.41. The van der Waals surface area contributed by atoms with Crippen molar-refractivity contribution in [2.45, 2.75) is 25.7 Å². The largest absolute Gasteiger partial charge is 0.370 e. The van der Waals surface area contributed by atoms with Gasteiger partial charge in [0.1, 0.15) is 17.5 Å². The third kappa shape index (κ3) is 4.29. The molecule has 1 aliphatic heterocycles. The van der Waals surface area contributed by atoms with Crippen LogP contribution in [0.4, 0.5) is 21.7 Å². The Labute approximate surface area is 187 Å². The van der Waals surface area contributed by atoms with Crippen molar-refractivity contribution >= 4 is 52.5 Å². The normalized spacial score (nSPS) is 17.2. The Morgan fingerprint density at radius 1 is 1.28 bits per heavy atom. The van der Waals surface area contributed by atoms with Crippen molar-refractivity contribution in [1.82, 2.24) is 19.9 Å². The van der Waals surface area contributed by atoms with Crippen molar-refractivity contribution in [3.63, 3.8) is 0 Å². The van der Waals surface area contributed by atoms with Gasteiger partial charge in [-0.05, 0) is 36.6 Å². The van der Waals surface area contributed by atoms with Gasteiger partial charge in [0.25, 0.3) is 5.91 Å². The highest BCUT2D eigenvalue weighted by Crippen LogP contribution is 2.32. The number of benzene rings is 1. The monoisotopic (exact) mass is 454 g/mol. The molecule has 8 nitrogen and oxygen atoms in total. The van der Waals surface area contributed by atoms with Gasteiger partial charge in [-0.25, -0.2) is 9.37 Å². The maximum Gasteiger partial charge on any atom is 0.254 e. The Kier molecular flexibility index (Phi) is 5.26. The number of fused-ring (bicyclic) bond motifs is 1. The topological polar surface area (TPSA) is 100 Å². The molecule has 2 aliphatic rings. The van der Waals surface area contributed by atoms with Crippen molar-refractivity contribution in [1.29, 1.82) is 0 Å². The highest BCUT2D eigenvalue weighted by molar-refractivity contribution is 6.30. The number of anilines is 3. The van der Waals surface area contributed by atoms with Gasteiger partial charge in [-0.15, -0.1) is 0 Å². The molecule has 2 amide bonds. The molecule has 2 fully saturated rings. The van der Waals surface area contributed by atoms with Crippen LogP contribution in [0.5, 0.6) is 0 Å². The summed E-state index contributed by atoms with van der Waals surface area (Å²) < 4.78 is 15.9. The lowest BCUT2D eigenvalue weighted by Gasteiger charge is -2.12. The number of nitrogens with one attached hydrogen (secondary N) is 3. The summed E-state index contributed by atoms with van der Waals surface area (Å²) in [5, 5.41) is 13.4. The predicted molar refractivity (Wildman–Crippen MR) is 119 cm³/mol. The Bertz CT molecular complexity index is 1270. The Morgan fingerprint density at radius 2 is 2.12 bits per heavy atom. The molecule has 32 heavy (non-hydrogen) atoms. The van der Waals surface area contributed by atoms with Crippen LogP contribution in [0.2, 0.25) is 5.02 Å². The smallest absolute Gasteiger partial charge is 0.254 e. The first-order valence-electron chi connectivity index (χ1n) is 10.4. The minimum absolute atomic E-state index is 0.00827. The minimum atomic E-state index is -0.462. The summed E-state index contributed by atoms with van der Waals surface area (Å²) in [4.78, 5) is 28.1. The average molecular weight is 455 g/mol. The van der Waals surface area contributed by atoms with Gasteiger partial charge in [0.05, 0.1) is 18.3 Å². The molecule has 3 heterocycles. The number of carbonyl (C=O) groups is 2. The van der Waals surface area contributed by atoms with Crippen molar-refractivity contribution in [3.05, 3.63) is 52.4 Å². The van der Waals surface area contributed by atoms with Crippen LogP contribution in [-0.2, 0) is 9.59 Å². The lowest BCUT2D eigenvalue weighted by Crippen LogP contribution is -2.19. The number of halogens is 2. The molecule has 164 valence electrons. The molecule has 1 saturated carbocycles. The zero-order valence-electron chi connectivity index (χ0n) is 17.0. The number of nitrogens with zero attached hydrogens (tertiary/aromatic N) is 3. The Balaban J connectivity index is 1.53. The van der Waals surface area contributed by atoms with Crippen molar-refractivity contribution in [2.24, 2.45) is 5.92 Å². The molecule has 0 radical (unpaired) electrons. The van der Waals surface area contributed by atoms with Crippen LogP contribution in [0.25, 0.3) is 11.7 Å². The summed E-state index contributed by atoms with van der Waals surface area (Å²) in [6.45, 7) is 0.766. The maximum atomic E-state index is 14.3. The number of imide groups is 1. The first-order chi connectivity index (χ1) is 15.5. The van der Waals surface area contributed by atoms with E-state index in [0.29, 0.717) is 33.4 Å². The van der Waals surface area contributed by atoms with Gasteiger partial charge >= 0.3 is 0 Å². The quantitative estimate of drug-likeness (QED) is 0.369. The van der Waals surface area contributed by atoms with Gasteiger partial charge in [-0.2, -0.15) is 9.61 Å². The Hall–Kier alpha value is -3.46. The molecule has 1 saturated heterocycles. The molecule has 0 bridgehead atoms. The van der Waals surface area contributed by atoms with Gasteiger partial charge in [-0.1, -0.05) is 24.4 Å². The van der Waals surface area contributed by atoms with Gasteiger partial charge in [0.2, 0.25) is 5.91 Å². The van der Waals surface area contributed by atoms with E-state index in [1.807, 2.05) is 0 Å². The molecule has 1 aliphatic carbocycles. The van der Waals surface area contributed by atoms with Crippen LogP contribution in [-0.4, -0.2) is 33.0 Å². The highest BCUT2D eigenvalue weighted by Gasteiger charge is 2.25. The van der Waals surface area contributed by atoms with Crippen LogP contribution in [0.3, 0.4) is 0 Å². The lowest BCUT2D eigenvalue weighted by molar-refractivity contribution is -0.124. The third-order valence-electron chi connectivity index (χ3n) is 5.47. The minimum Gasteiger partial charge on any atom is -0.370 e. The van der Waals surface area contributed by atoms with E-state index < -0.39 is 11.7 Å². The van der Waals surface area contributed by atoms with Gasteiger partial charge in [-0.3, -0.25) is 14.9 Å². The van der Waals surface area contributed by atoms with E-state index in [1.54, 1.807) is 22.9 Å². The van der Waals surface area contributed by atoms with Crippen molar-refractivity contribution in [2.75, 3.05) is 17.2 Å². The molecule has 1 aromatic carbocycles. The number of amides is 2. The number of hydrogen-bond donors (Lipinski definition) is 3. The van der Waals surface area contributed by atoms with Crippen molar-refractivity contribution in [3.8, 4) is 0 Å². The predicted octanol–water partition coefficient (Wildman–Crippen LogP) is 3.91. The summed E-state index contributed by atoms with van der Waals surface area (Å²) in [7, 11) is 0. The van der Waals surface area contributed by atoms with Crippen LogP contribution < -0.4 is 16.0 Å². The SMILES string of the molecule is O=C1C/C(=C\c2cnn3c(NCCC4CC4)cc(Nc4cc(Cl)ccc4F)nc23)C(=O)N1. The fraction of sp³-hybridized carbons (Fsp3) is 0.273. The van der Waals surface area contributed by atoms with E-state index in [9.17, 15) is 14.0 Å². The molecule has 2 aromatic heterocycles. The van der Waals surface area contributed by atoms with E-state index in [0.717, 1.165) is 18.9 Å². The molecule has 0 atom stereocenters. The van der Waals surface area contributed by atoms with Gasteiger partial charge < -0.3 is 10.6 Å². The first kappa shape index (κ1) is 20.4. The summed E-state index contributed by atoms with van der Waals surface area (Å²) in [5.41, 5.74) is 1.57. The van der Waals surface area contributed by atoms with E-state index in [2.05, 4.69) is 26.0 Å². The highest BCUT2D eigenvalue weighted by atomic mass is 35.5. The summed E-state index contributed by atoms with van der Waals surface area (Å²) in [5.74, 6) is 0.599. The Morgan fingerprint density at radius 3 is 2.88 bits per heavy atom. The van der Waals surface area contributed by atoms with Gasteiger partial charge in [0, 0.05) is 28.8 Å². The standard InChI is InChI=1S/C22H20ClFN6O2/c23-15-3-4-16(24)17(9-15)27-18-10-19(25-6-5-12-1-2-12)30-21(28-18)14(11-26-30)7-13-8-20(31)29-22(13)32/h3-4,7,9-12,25H,1-2,5-6,8H2,(H,27,28)(H,29,31,32)/b13-7+. The molecule has 3 N–H and O–H groups in total. The van der Waals surface area contributed by atoms with Crippen LogP contribution >= 0.6 is 11.6 Å². The third-order valence-corrected chi connectivity index (χ3v) is 5.71. The number of hydrogen-bond acceptors (Lipinski definition) is 6. The summed E-state index contributed by atoms with van der Waals surface area (Å²) in [6.07, 6.45) is 6.77. The molecule has 5 rings (SSSR count). The van der Waals surface area contributed by atoms with Crippen molar-refractivity contribution < 1.29 is 14.0 Å². The second-order valence-corrected chi connectivity index (χ2v) is 8.43. The number of carbonyl (C=O) groups excluding carboxylic acids is 2. The second-order valence-electron chi connectivity index (χ2n) is 7.99. The molecule has 0 unspecified atom stereocenters. The number of rotatable bonds is 7. The zero-order chi connectivity index (χ0) is 22.2. The lowest BCUT2D eigenvalue weighted by atomic mass is 10.1. The number of aromatic nitrogens is 3. The first-order valence-corrected chi connectivity index (χ1v) is 10.7. The van der Waals surface area contributed by atoms with Gasteiger partial charge in [0.15, 0.2) is 5.65 Å². The fourth-order valence-electron chi connectivity index (χ4n) is 3.62. The fourth-order valence-corrected chi connectivity index (χ4v) is 3.79. The van der Waals surface area contributed by atoms with E-state index >= 15 is 0 Å². The molecule has 0 spiro atoms. The van der Waals surface area contributed by atoms with E-state index in [1.165, 1.54) is 31.0 Å². The van der Waals surface area contributed by atoms with Crippen LogP contribution in [0.1, 0.15) is 31.2 Å². The molecule has 3 aromatic rings. The van der Waals surface area contributed by atoms with E-state index in [4.69, 9.17) is 11.6 Å². The summed E-state index contributed by atoms with van der Waals surface area (Å²) in [6, 6.07) is 5.98. The summed E-state index contributed by atoms with van der Waals surface area (Å²) >= 11 is 6.02. The molecular weight excluding hydrogens is 435 g/mol. The van der Waals surface area contributed by atoms with Crippen LogP contribution in [0.15, 0.2) is 36.0 Å². The van der Waals surface area contributed by atoms with E-state index in [-0.39, 0.29) is 18.0 Å². The second kappa shape index (κ2) is 8.23. The zero-order valence-corrected chi connectivity index (χ0v) is 17.7. The van der Waals surface area contributed by atoms with Crippen LogP contribution in [0, 0.1) is 11.7 Å². The molecular formula is C22H20ClFN6O2.